The third-order valence-electron chi connectivity index (χ3n) is 9.95. The molecule has 0 unspecified atom stereocenters. The van der Waals surface area contributed by atoms with Crippen molar-refractivity contribution in [3.63, 3.8) is 0 Å². The van der Waals surface area contributed by atoms with Gasteiger partial charge in [-0.25, -0.2) is 9.78 Å². The van der Waals surface area contributed by atoms with Crippen LogP contribution >= 0.6 is 0 Å². The van der Waals surface area contributed by atoms with Crippen LogP contribution in [-0.2, 0) is 14.3 Å². The number of allylic oxidation sites excluding steroid dienone is 2. The zero-order valence-electron chi connectivity index (χ0n) is 24.6. The van der Waals surface area contributed by atoms with E-state index >= 15 is 0 Å². The molecule has 8 nitrogen and oxygen atoms in total. The van der Waals surface area contributed by atoms with Crippen LogP contribution in [0.4, 0.5) is 0 Å². The number of nitrogens with zero attached hydrogens (tertiary/aromatic N) is 2. The second kappa shape index (κ2) is 9.71. The van der Waals surface area contributed by atoms with Gasteiger partial charge in [0.25, 0.3) is 0 Å². The molecule has 3 heterocycles. The number of carboxylic acid groups (broad SMARTS) is 1. The van der Waals surface area contributed by atoms with Crippen molar-refractivity contribution in [3.8, 4) is 17.0 Å². The quantitative estimate of drug-likeness (QED) is 0.520. The number of hydrogen-bond acceptors (Lipinski definition) is 6. The standard InChI is InChI=1S/C33H38N2O6/c1-16(2)21-13-24-28(31(37)35(21)5)29(27-22(36)14-33(11-12-33)15-25(27)41-24)26-18(4)19(8-10-23(26)40-6)20-9-7-17(3)30(34-20)32(38)39/h7-10,16,21,24,28-29H,11-15H2,1-6H3,(H,38,39)/t21-,24-,28-,29-/m0/s1. The Morgan fingerprint density at radius 3 is 2.51 bits per heavy atom. The van der Waals surface area contributed by atoms with Gasteiger partial charge in [-0.2, -0.15) is 0 Å². The number of ether oxygens (including phenoxy) is 2. The van der Waals surface area contributed by atoms with Crippen LogP contribution in [0.3, 0.4) is 0 Å². The lowest BCUT2D eigenvalue weighted by molar-refractivity contribution is -0.154. The van der Waals surface area contributed by atoms with Gasteiger partial charge in [-0.3, -0.25) is 9.59 Å². The summed E-state index contributed by atoms with van der Waals surface area (Å²) in [5, 5.41) is 9.71. The SMILES string of the molecule is COc1ccc(-c2ccc(C)c(C(=O)O)n2)c(C)c1[C@H]1C2=C(CC3(CC3)CC2=O)O[C@H]2C[C@@H](C(C)C)N(C)C(=O)[C@@H]21. The van der Waals surface area contributed by atoms with Crippen molar-refractivity contribution in [2.75, 3.05) is 14.2 Å². The molecule has 1 spiro atoms. The molecule has 0 radical (unpaired) electrons. The first-order chi connectivity index (χ1) is 19.5. The number of Topliss-reactive ketones (excluding diaryl/α,β-unsaturated/α-hetero) is 1. The lowest BCUT2D eigenvalue weighted by Gasteiger charge is -2.50. The van der Waals surface area contributed by atoms with Gasteiger partial charge in [-0.1, -0.05) is 19.9 Å². The highest BCUT2D eigenvalue weighted by Gasteiger charge is 2.58. The number of amides is 1. The Labute approximate surface area is 240 Å². The lowest BCUT2D eigenvalue weighted by Crippen LogP contribution is -2.58. The van der Waals surface area contributed by atoms with Gasteiger partial charge in [-0.05, 0) is 67.3 Å². The minimum atomic E-state index is -1.09. The zero-order chi connectivity index (χ0) is 29.4. The number of methoxy groups -OCH3 is 1. The van der Waals surface area contributed by atoms with E-state index in [2.05, 4.69) is 18.8 Å². The second-order valence-electron chi connectivity index (χ2n) is 12.8. The number of rotatable bonds is 5. The summed E-state index contributed by atoms with van der Waals surface area (Å²) in [6, 6.07) is 7.33. The molecule has 41 heavy (non-hydrogen) atoms. The number of aromatic nitrogens is 1. The number of ketones is 1. The van der Waals surface area contributed by atoms with E-state index in [9.17, 15) is 19.5 Å². The summed E-state index contributed by atoms with van der Waals surface area (Å²) < 4.78 is 12.6. The van der Waals surface area contributed by atoms with E-state index in [0.717, 1.165) is 41.7 Å². The summed E-state index contributed by atoms with van der Waals surface area (Å²) >= 11 is 0. The summed E-state index contributed by atoms with van der Waals surface area (Å²) in [7, 11) is 3.46. The number of fused-ring (bicyclic) bond motifs is 1. The second-order valence-corrected chi connectivity index (χ2v) is 12.8. The van der Waals surface area contributed by atoms with Crippen molar-refractivity contribution >= 4 is 17.7 Å². The number of aromatic carboxylic acids is 1. The molecule has 2 aromatic rings. The highest BCUT2D eigenvalue weighted by molar-refractivity contribution is 6.01. The van der Waals surface area contributed by atoms with Crippen LogP contribution in [0.1, 0.15) is 79.0 Å². The molecule has 8 heteroatoms. The Bertz CT molecular complexity index is 1500. The first-order valence-corrected chi connectivity index (χ1v) is 14.5. The van der Waals surface area contributed by atoms with Crippen molar-refractivity contribution in [3.05, 3.63) is 58.0 Å². The molecule has 4 aliphatic rings. The van der Waals surface area contributed by atoms with Crippen LogP contribution in [0.5, 0.6) is 5.75 Å². The molecule has 2 fully saturated rings. The monoisotopic (exact) mass is 558 g/mol. The summed E-state index contributed by atoms with van der Waals surface area (Å²) in [6.07, 6.45) is 3.60. The van der Waals surface area contributed by atoms with Gasteiger partial charge in [0, 0.05) is 55.0 Å². The Hall–Kier alpha value is -3.68. The maximum atomic E-state index is 14.2. The number of carbonyl (C=O) groups is 3. The predicted molar refractivity (Wildman–Crippen MR) is 153 cm³/mol. The number of carbonyl (C=O) groups excluding carboxylic acids is 2. The molecule has 1 saturated heterocycles. The molecule has 1 aromatic carbocycles. The first-order valence-electron chi connectivity index (χ1n) is 14.5. The van der Waals surface area contributed by atoms with Crippen LogP contribution < -0.4 is 4.74 Å². The van der Waals surface area contributed by atoms with E-state index in [1.807, 2.05) is 37.1 Å². The average Bonchev–Trinajstić information content (AvgIpc) is 3.67. The number of piperidine rings is 1. The fraction of sp³-hybridized carbons (Fsp3) is 0.515. The smallest absolute Gasteiger partial charge is 0.354 e. The van der Waals surface area contributed by atoms with Crippen LogP contribution in [0.2, 0.25) is 0 Å². The Kier molecular flexibility index (Phi) is 6.51. The fourth-order valence-electron chi connectivity index (χ4n) is 7.50. The van der Waals surface area contributed by atoms with Gasteiger partial charge in [0.15, 0.2) is 11.5 Å². The van der Waals surface area contributed by atoms with Crippen molar-refractivity contribution < 1.29 is 29.0 Å². The first kappa shape index (κ1) is 27.5. The minimum Gasteiger partial charge on any atom is -0.496 e. The highest BCUT2D eigenvalue weighted by atomic mass is 16.5. The van der Waals surface area contributed by atoms with Crippen molar-refractivity contribution in [2.45, 2.75) is 77.9 Å². The number of carboxylic acids is 1. The molecule has 1 aromatic heterocycles. The molecule has 216 valence electrons. The largest absolute Gasteiger partial charge is 0.496 e. The van der Waals surface area contributed by atoms with Crippen molar-refractivity contribution in [1.29, 1.82) is 0 Å². The van der Waals surface area contributed by atoms with Crippen LogP contribution in [0.15, 0.2) is 35.6 Å². The van der Waals surface area contributed by atoms with Crippen LogP contribution in [0.25, 0.3) is 11.3 Å². The molecule has 1 amide bonds. The molecular formula is C33H38N2O6. The number of likely N-dealkylation sites (tertiary alicyclic amines) is 1. The number of aryl methyl sites for hydroxylation is 1. The van der Waals surface area contributed by atoms with Crippen LogP contribution in [0, 0.1) is 31.1 Å². The van der Waals surface area contributed by atoms with Crippen molar-refractivity contribution in [1.82, 2.24) is 9.88 Å². The third kappa shape index (κ3) is 4.34. The maximum absolute atomic E-state index is 14.2. The predicted octanol–water partition coefficient (Wildman–Crippen LogP) is 5.45. The Morgan fingerprint density at radius 1 is 1.15 bits per heavy atom. The molecule has 2 aliphatic carbocycles. The van der Waals surface area contributed by atoms with E-state index in [1.54, 1.807) is 20.1 Å². The zero-order valence-corrected chi connectivity index (χ0v) is 24.6. The normalized spacial score (nSPS) is 26.6. The highest BCUT2D eigenvalue weighted by Crippen LogP contribution is 2.61. The van der Waals surface area contributed by atoms with Gasteiger partial charge in [0.05, 0.1) is 18.7 Å². The maximum Gasteiger partial charge on any atom is 0.354 e. The lowest BCUT2D eigenvalue weighted by atomic mass is 9.65. The van der Waals surface area contributed by atoms with Crippen molar-refractivity contribution in [2.24, 2.45) is 17.3 Å². The van der Waals surface area contributed by atoms with Gasteiger partial charge in [0.2, 0.25) is 5.91 Å². The van der Waals surface area contributed by atoms with Crippen LogP contribution in [-0.4, -0.2) is 59.0 Å². The summed E-state index contributed by atoms with van der Waals surface area (Å²) in [4.78, 5) is 46.3. The van der Waals surface area contributed by atoms with E-state index in [0.29, 0.717) is 35.4 Å². The fourth-order valence-corrected chi connectivity index (χ4v) is 7.50. The molecule has 0 bridgehead atoms. The van der Waals surface area contributed by atoms with E-state index < -0.39 is 17.8 Å². The summed E-state index contributed by atoms with van der Waals surface area (Å²) in [5.74, 6) is -0.555. The number of hydrogen-bond donors (Lipinski definition) is 1. The summed E-state index contributed by atoms with van der Waals surface area (Å²) in [6.45, 7) is 7.92. The van der Waals surface area contributed by atoms with Gasteiger partial charge >= 0.3 is 5.97 Å². The molecule has 1 N–H and O–H groups in total. The average molecular weight is 559 g/mol. The number of benzene rings is 1. The van der Waals surface area contributed by atoms with Gasteiger partial charge in [0.1, 0.15) is 17.6 Å². The van der Waals surface area contributed by atoms with E-state index in [4.69, 9.17) is 9.47 Å². The summed E-state index contributed by atoms with van der Waals surface area (Å²) in [5.41, 5.74) is 4.03. The molecule has 2 aliphatic heterocycles. The topological polar surface area (TPSA) is 106 Å². The molecule has 1 saturated carbocycles. The molecule has 4 atom stereocenters. The van der Waals surface area contributed by atoms with E-state index in [-0.39, 0.29) is 40.9 Å². The van der Waals surface area contributed by atoms with Gasteiger partial charge < -0.3 is 19.5 Å². The third-order valence-corrected chi connectivity index (χ3v) is 9.95. The molecule has 6 rings (SSSR count). The Balaban J connectivity index is 1.57. The minimum absolute atomic E-state index is 0.000249. The van der Waals surface area contributed by atoms with Gasteiger partial charge in [-0.15, -0.1) is 0 Å². The number of pyridine rings is 1. The van der Waals surface area contributed by atoms with E-state index in [1.165, 1.54) is 0 Å². The Morgan fingerprint density at radius 2 is 1.88 bits per heavy atom. The molecular weight excluding hydrogens is 520 g/mol.